The molecule has 2 heterocycles. The topological polar surface area (TPSA) is 63.1 Å². The number of aromatic nitrogens is 3. The number of nitrogens with zero attached hydrogens (tertiary/aromatic N) is 3. The van der Waals surface area contributed by atoms with Gasteiger partial charge in [0.25, 0.3) is 0 Å². The molecule has 1 aromatic carbocycles. The molecular formula is C19H26N4O2S. The third kappa shape index (κ3) is 4.15. The molecule has 2 aromatic rings. The van der Waals surface area contributed by atoms with Crippen molar-refractivity contribution in [3.05, 3.63) is 29.0 Å². The van der Waals surface area contributed by atoms with Crippen LogP contribution in [-0.2, 0) is 11.3 Å². The fraction of sp³-hybridized carbons (Fsp3) is 0.526. The summed E-state index contributed by atoms with van der Waals surface area (Å²) in [6, 6.07) is 8.09. The van der Waals surface area contributed by atoms with Crippen LogP contribution in [-0.4, -0.2) is 44.8 Å². The van der Waals surface area contributed by atoms with E-state index in [2.05, 4.69) is 17.1 Å². The van der Waals surface area contributed by atoms with E-state index < -0.39 is 0 Å². The number of nitrogens with one attached hydrogen (secondary N) is 1. The van der Waals surface area contributed by atoms with Crippen LogP contribution in [0.2, 0.25) is 0 Å². The smallest absolute Gasteiger partial charge is 0.224 e. The average Bonchev–Trinajstić information content (AvgIpc) is 3.01. The van der Waals surface area contributed by atoms with Crippen LogP contribution in [0.25, 0.3) is 11.4 Å². The maximum absolute atomic E-state index is 12.6. The summed E-state index contributed by atoms with van der Waals surface area (Å²) in [5, 5.41) is 7.19. The molecule has 0 spiro atoms. The van der Waals surface area contributed by atoms with Crippen LogP contribution in [0, 0.1) is 4.77 Å². The van der Waals surface area contributed by atoms with E-state index in [4.69, 9.17) is 17.0 Å². The van der Waals surface area contributed by atoms with Gasteiger partial charge in [-0.3, -0.25) is 14.5 Å². The number of benzene rings is 1. The van der Waals surface area contributed by atoms with Crippen LogP contribution < -0.4 is 4.74 Å². The number of aromatic amines is 1. The fourth-order valence-corrected chi connectivity index (χ4v) is 3.66. The molecular weight excluding hydrogens is 348 g/mol. The Kier molecular flexibility index (Phi) is 6.08. The Bertz CT molecular complexity index is 797. The van der Waals surface area contributed by atoms with Crippen LogP contribution in [0.3, 0.4) is 0 Å². The van der Waals surface area contributed by atoms with Crippen molar-refractivity contribution in [2.75, 3.05) is 13.2 Å². The maximum atomic E-state index is 12.6. The van der Waals surface area contributed by atoms with Gasteiger partial charge in [0.2, 0.25) is 5.91 Å². The highest BCUT2D eigenvalue weighted by atomic mass is 32.1. The van der Waals surface area contributed by atoms with Crippen LogP contribution >= 0.6 is 12.2 Å². The van der Waals surface area contributed by atoms with E-state index in [1.165, 1.54) is 6.42 Å². The van der Waals surface area contributed by atoms with Gasteiger partial charge in [-0.2, -0.15) is 5.10 Å². The van der Waals surface area contributed by atoms with E-state index in [1.807, 2.05) is 40.7 Å². The molecule has 1 fully saturated rings. The Morgan fingerprint density at radius 1 is 1.35 bits per heavy atom. The molecule has 0 aliphatic carbocycles. The SMILES string of the molecule is CCOc1ccc(-c2n[nH]c(=S)n2CCC(=O)N2CCCCC2C)cc1. The standard InChI is InChI=1S/C19H26N4O2S/c1-3-25-16-9-7-15(8-10-16)18-20-21-19(26)23(18)13-11-17(24)22-12-5-4-6-14(22)2/h7-10,14H,3-6,11-13H2,1-2H3,(H,21,26). The minimum absolute atomic E-state index is 0.193. The number of likely N-dealkylation sites (tertiary alicyclic amines) is 1. The number of hydrogen-bond acceptors (Lipinski definition) is 4. The van der Waals surface area contributed by atoms with Gasteiger partial charge >= 0.3 is 0 Å². The Hall–Kier alpha value is -2.15. The zero-order valence-electron chi connectivity index (χ0n) is 15.4. The molecule has 3 rings (SSSR count). The first-order chi connectivity index (χ1) is 12.6. The first kappa shape index (κ1) is 18.6. The highest BCUT2D eigenvalue weighted by molar-refractivity contribution is 7.71. The van der Waals surface area contributed by atoms with Gasteiger partial charge in [-0.1, -0.05) is 0 Å². The lowest BCUT2D eigenvalue weighted by molar-refractivity contribution is -0.134. The lowest BCUT2D eigenvalue weighted by atomic mass is 10.0. The number of piperidine rings is 1. The Balaban J connectivity index is 1.71. The van der Waals surface area contributed by atoms with E-state index in [1.54, 1.807) is 0 Å². The van der Waals surface area contributed by atoms with E-state index in [0.29, 0.717) is 30.4 Å². The van der Waals surface area contributed by atoms with Crippen molar-refractivity contribution < 1.29 is 9.53 Å². The van der Waals surface area contributed by atoms with Crippen molar-refractivity contribution in [3.8, 4) is 17.1 Å². The molecule has 1 aliphatic rings. The zero-order chi connectivity index (χ0) is 18.5. The molecule has 1 saturated heterocycles. The van der Waals surface area contributed by atoms with Gasteiger partial charge in [-0.15, -0.1) is 0 Å². The molecule has 1 N–H and O–H groups in total. The van der Waals surface area contributed by atoms with Crippen LogP contribution in [0.4, 0.5) is 0 Å². The first-order valence-electron chi connectivity index (χ1n) is 9.28. The Morgan fingerprint density at radius 3 is 2.81 bits per heavy atom. The fourth-order valence-electron chi connectivity index (χ4n) is 3.43. The molecule has 6 nitrogen and oxygen atoms in total. The molecule has 1 unspecified atom stereocenters. The van der Waals surface area contributed by atoms with Crippen molar-refractivity contribution in [2.24, 2.45) is 0 Å². The van der Waals surface area contributed by atoms with Crippen molar-refractivity contribution in [1.29, 1.82) is 0 Å². The first-order valence-corrected chi connectivity index (χ1v) is 9.69. The van der Waals surface area contributed by atoms with Gasteiger partial charge in [0.1, 0.15) is 5.75 Å². The summed E-state index contributed by atoms with van der Waals surface area (Å²) in [5.74, 6) is 1.77. The molecule has 1 aliphatic heterocycles. The summed E-state index contributed by atoms with van der Waals surface area (Å²) in [5.41, 5.74) is 0.944. The highest BCUT2D eigenvalue weighted by Gasteiger charge is 2.23. The van der Waals surface area contributed by atoms with Gasteiger partial charge < -0.3 is 9.64 Å². The molecule has 1 atom stereocenters. The van der Waals surface area contributed by atoms with E-state index in [-0.39, 0.29) is 5.91 Å². The zero-order valence-corrected chi connectivity index (χ0v) is 16.2. The third-order valence-electron chi connectivity index (χ3n) is 4.85. The summed E-state index contributed by atoms with van der Waals surface area (Å²) in [7, 11) is 0. The number of hydrogen-bond donors (Lipinski definition) is 1. The van der Waals surface area contributed by atoms with Gasteiger partial charge in [0.05, 0.1) is 6.61 Å². The van der Waals surface area contributed by atoms with Crippen LogP contribution in [0.15, 0.2) is 24.3 Å². The molecule has 0 saturated carbocycles. The van der Waals surface area contributed by atoms with Crippen LogP contribution in [0.5, 0.6) is 5.75 Å². The third-order valence-corrected chi connectivity index (χ3v) is 5.17. The summed E-state index contributed by atoms with van der Waals surface area (Å²) in [6.45, 7) is 6.11. The monoisotopic (exact) mass is 374 g/mol. The molecule has 1 amide bonds. The summed E-state index contributed by atoms with van der Waals surface area (Å²) in [6.07, 6.45) is 3.83. The number of carbonyl (C=O) groups is 1. The van der Waals surface area contributed by atoms with Crippen molar-refractivity contribution in [3.63, 3.8) is 0 Å². The minimum Gasteiger partial charge on any atom is -0.494 e. The minimum atomic E-state index is 0.193. The number of amides is 1. The quantitative estimate of drug-likeness (QED) is 0.781. The predicted octanol–water partition coefficient (Wildman–Crippen LogP) is 3.80. The van der Waals surface area contributed by atoms with Crippen LogP contribution in [0.1, 0.15) is 39.5 Å². The number of carbonyl (C=O) groups excluding carboxylic acids is 1. The molecule has 26 heavy (non-hydrogen) atoms. The lowest BCUT2D eigenvalue weighted by Crippen LogP contribution is -2.42. The van der Waals surface area contributed by atoms with Gasteiger partial charge in [0, 0.05) is 31.1 Å². The molecule has 0 bridgehead atoms. The van der Waals surface area contributed by atoms with E-state index in [9.17, 15) is 4.79 Å². The van der Waals surface area contributed by atoms with E-state index >= 15 is 0 Å². The van der Waals surface area contributed by atoms with Crippen molar-refractivity contribution in [1.82, 2.24) is 19.7 Å². The van der Waals surface area contributed by atoms with Crippen molar-refractivity contribution in [2.45, 2.75) is 52.1 Å². The second kappa shape index (κ2) is 8.49. The molecule has 0 radical (unpaired) electrons. The Labute approximate surface area is 159 Å². The van der Waals surface area contributed by atoms with Gasteiger partial charge in [-0.25, -0.2) is 0 Å². The van der Waals surface area contributed by atoms with Crippen molar-refractivity contribution >= 4 is 18.1 Å². The second-order valence-corrected chi connectivity index (χ2v) is 7.03. The Morgan fingerprint density at radius 2 is 2.12 bits per heavy atom. The number of H-pyrrole nitrogens is 1. The molecule has 7 heteroatoms. The summed E-state index contributed by atoms with van der Waals surface area (Å²) < 4.78 is 7.92. The maximum Gasteiger partial charge on any atom is 0.224 e. The lowest BCUT2D eigenvalue weighted by Gasteiger charge is -2.33. The second-order valence-electron chi connectivity index (χ2n) is 6.64. The largest absolute Gasteiger partial charge is 0.494 e. The van der Waals surface area contributed by atoms with Gasteiger partial charge in [-0.05, 0) is 69.6 Å². The summed E-state index contributed by atoms with van der Waals surface area (Å²) in [4.78, 5) is 14.6. The highest BCUT2D eigenvalue weighted by Crippen LogP contribution is 2.22. The summed E-state index contributed by atoms with van der Waals surface area (Å²) >= 11 is 5.37. The van der Waals surface area contributed by atoms with E-state index in [0.717, 1.165) is 36.5 Å². The average molecular weight is 375 g/mol. The molecule has 1 aromatic heterocycles. The normalized spacial score (nSPS) is 17.3. The predicted molar refractivity (Wildman–Crippen MR) is 104 cm³/mol. The molecule has 140 valence electrons. The number of rotatable bonds is 6. The number of ether oxygens (including phenoxy) is 1. The van der Waals surface area contributed by atoms with Gasteiger partial charge in [0.15, 0.2) is 10.6 Å².